The molecule has 2 N–H and O–H groups in total. The smallest absolute Gasteiger partial charge is 0.331 e. The van der Waals surface area contributed by atoms with Crippen molar-refractivity contribution in [2.45, 2.75) is 72.5 Å². The van der Waals surface area contributed by atoms with Gasteiger partial charge in [-0.05, 0) is 77.5 Å². The number of carbonyl (C=O) groups is 2. The normalized spacial score (nSPS) is 30.9. The van der Waals surface area contributed by atoms with Gasteiger partial charge in [0.25, 0.3) is 0 Å². The molecule has 0 fully saturated rings. The Hall–Kier alpha value is -2.24. The molecule has 166 valence electrons. The van der Waals surface area contributed by atoms with Gasteiger partial charge in [0, 0.05) is 11.6 Å². The van der Waals surface area contributed by atoms with Crippen molar-refractivity contribution in [1.82, 2.24) is 0 Å². The van der Waals surface area contributed by atoms with Crippen LogP contribution in [0.1, 0.15) is 60.8 Å². The molecule has 0 heterocycles. The lowest BCUT2D eigenvalue weighted by atomic mass is 9.80. The van der Waals surface area contributed by atoms with Crippen LogP contribution in [-0.2, 0) is 14.3 Å². The molecular formula is C25H36O5. The quantitative estimate of drug-likeness (QED) is 0.382. The first kappa shape index (κ1) is 25.8. The number of ketones is 1. The fourth-order valence-corrected chi connectivity index (χ4v) is 3.06. The van der Waals surface area contributed by atoms with Gasteiger partial charge >= 0.3 is 5.97 Å². The van der Waals surface area contributed by atoms with Crippen LogP contribution in [0.4, 0.5) is 0 Å². The van der Waals surface area contributed by atoms with Gasteiger partial charge in [-0.1, -0.05) is 36.3 Å². The molecule has 1 aliphatic rings. The van der Waals surface area contributed by atoms with E-state index in [1.807, 2.05) is 26.8 Å². The summed E-state index contributed by atoms with van der Waals surface area (Å²) < 4.78 is 5.52. The van der Waals surface area contributed by atoms with Gasteiger partial charge in [0.2, 0.25) is 0 Å². The van der Waals surface area contributed by atoms with E-state index >= 15 is 0 Å². The van der Waals surface area contributed by atoms with E-state index in [1.165, 1.54) is 30.7 Å². The number of rotatable bonds is 6. The van der Waals surface area contributed by atoms with E-state index in [4.69, 9.17) is 4.74 Å². The lowest BCUT2D eigenvalue weighted by Crippen LogP contribution is -2.39. The van der Waals surface area contributed by atoms with E-state index in [0.717, 1.165) is 18.4 Å². The van der Waals surface area contributed by atoms with E-state index in [0.29, 0.717) is 6.42 Å². The molecular weight excluding hydrogens is 380 g/mol. The largest absolute Gasteiger partial charge is 0.452 e. The van der Waals surface area contributed by atoms with Crippen molar-refractivity contribution in [2.75, 3.05) is 6.61 Å². The highest BCUT2D eigenvalue weighted by Gasteiger charge is 2.32. The van der Waals surface area contributed by atoms with Crippen LogP contribution in [0.25, 0.3) is 0 Å². The average Bonchev–Trinajstić information content (AvgIpc) is 2.63. The Balaban J connectivity index is 3.38. The van der Waals surface area contributed by atoms with Crippen molar-refractivity contribution in [3.63, 3.8) is 0 Å². The van der Waals surface area contributed by atoms with E-state index in [9.17, 15) is 19.8 Å². The number of ether oxygens (including phenoxy) is 1. The maximum Gasteiger partial charge on any atom is 0.331 e. The number of hydrogen-bond donors (Lipinski definition) is 2. The Bertz CT molecular complexity index is 771. The summed E-state index contributed by atoms with van der Waals surface area (Å²) in [6, 6.07) is 0. The third-order valence-corrected chi connectivity index (χ3v) is 5.04. The van der Waals surface area contributed by atoms with Crippen LogP contribution in [0.15, 0.2) is 59.3 Å². The lowest BCUT2D eigenvalue weighted by Gasteiger charge is -2.29. The fourth-order valence-electron chi connectivity index (χ4n) is 3.06. The molecule has 0 saturated carbocycles. The molecule has 0 amide bonds. The van der Waals surface area contributed by atoms with Crippen molar-refractivity contribution >= 4 is 11.8 Å². The predicted molar refractivity (Wildman–Crippen MR) is 120 cm³/mol. The SMILES string of the molecule is CC(C)=CCC[C@]1(C)/C=C/[C@H](OC(=O)C=C(C)C)[C@@](C)(O)/C=C/C(=O)/C(CO)=C\C1. The van der Waals surface area contributed by atoms with Gasteiger partial charge in [0.1, 0.15) is 5.60 Å². The summed E-state index contributed by atoms with van der Waals surface area (Å²) in [6.45, 7) is 10.8. The first-order valence-corrected chi connectivity index (χ1v) is 10.3. The van der Waals surface area contributed by atoms with Crippen LogP contribution in [0, 0.1) is 5.41 Å². The molecule has 30 heavy (non-hydrogen) atoms. The van der Waals surface area contributed by atoms with Gasteiger partial charge in [-0.15, -0.1) is 0 Å². The average molecular weight is 417 g/mol. The van der Waals surface area contributed by atoms with Crippen LogP contribution < -0.4 is 0 Å². The van der Waals surface area contributed by atoms with E-state index in [2.05, 4.69) is 6.08 Å². The molecule has 0 unspecified atom stereocenters. The molecule has 0 aromatic carbocycles. The molecule has 0 radical (unpaired) electrons. The van der Waals surface area contributed by atoms with E-state index in [1.54, 1.807) is 26.0 Å². The van der Waals surface area contributed by atoms with Crippen molar-refractivity contribution < 1.29 is 24.5 Å². The van der Waals surface area contributed by atoms with Crippen molar-refractivity contribution in [3.05, 3.63) is 59.3 Å². The van der Waals surface area contributed by atoms with Gasteiger partial charge < -0.3 is 14.9 Å². The van der Waals surface area contributed by atoms with Gasteiger partial charge in [-0.2, -0.15) is 0 Å². The Labute approximate surface area is 180 Å². The summed E-state index contributed by atoms with van der Waals surface area (Å²) in [5.41, 5.74) is 0.344. The van der Waals surface area contributed by atoms with Gasteiger partial charge in [-0.25, -0.2) is 4.79 Å². The van der Waals surface area contributed by atoms with Crippen LogP contribution in [-0.4, -0.2) is 40.3 Å². The molecule has 3 atom stereocenters. The van der Waals surface area contributed by atoms with E-state index < -0.39 is 17.7 Å². The summed E-state index contributed by atoms with van der Waals surface area (Å²) in [7, 11) is 0. The highest BCUT2D eigenvalue weighted by atomic mass is 16.6. The molecule has 1 aliphatic carbocycles. The number of hydrogen-bond acceptors (Lipinski definition) is 5. The lowest BCUT2D eigenvalue weighted by molar-refractivity contribution is -0.148. The monoisotopic (exact) mass is 416 g/mol. The Kier molecular flexibility index (Phi) is 9.66. The summed E-state index contributed by atoms with van der Waals surface area (Å²) >= 11 is 0. The molecule has 5 heteroatoms. The molecule has 0 saturated heterocycles. The Morgan fingerprint density at radius 3 is 2.43 bits per heavy atom. The number of aliphatic hydroxyl groups is 2. The molecule has 0 aliphatic heterocycles. The van der Waals surface area contributed by atoms with Gasteiger partial charge in [0.15, 0.2) is 11.9 Å². The molecule has 0 spiro atoms. The summed E-state index contributed by atoms with van der Waals surface area (Å²) in [5, 5.41) is 20.6. The highest BCUT2D eigenvalue weighted by Crippen LogP contribution is 2.33. The van der Waals surface area contributed by atoms with Crippen LogP contribution in [0.5, 0.6) is 0 Å². The predicted octanol–water partition coefficient (Wildman–Crippen LogP) is 4.37. The topological polar surface area (TPSA) is 83.8 Å². The zero-order valence-corrected chi connectivity index (χ0v) is 19.1. The molecule has 5 nitrogen and oxygen atoms in total. The van der Waals surface area contributed by atoms with Crippen LogP contribution in [0.3, 0.4) is 0 Å². The second-order valence-corrected chi connectivity index (χ2v) is 8.93. The molecule has 0 aromatic rings. The summed E-state index contributed by atoms with van der Waals surface area (Å²) in [5.74, 6) is -0.930. The zero-order valence-electron chi connectivity index (χ0n) is 19.1. The maximum atomic E-state index is 12.5. The number of carbonyl (C=O) groups excluding carboxylic acids is 2. The minimum absolute atomic E-state index is 0.281. The van der Waals surface area contributed by atoms with Crippen molar-refractivity contribution in [3.8, 4) is 0 Å². The third kappa shape index (κ3) is 8.64. The summed E-state index contributed by atoms with van der Waals surface area (Å²) in [4.78, 5) is 24.7. The van der Waals surface area contributed by atoms with E-state index in [-0.39, 0.29) is 23.4 Å². The van der Waals surface area contributed by atoms with Gasteiger partial charge in [-0.3, -0.25) is 4.79 Å². The maximum absolute atomic E-state index is 12.5. The Morgan fingerprint density at radius 2 is 1.87 bits per heavy atom. The van der Waals surface area contributed by atoms with Crippen molar-refractivity contribution in [2.24, 2.45) is 5.41 Å². The second-order valence-electron chi connectivity index (χ2n) is 8.93. The van der Waals surface area contributed by atoms with Crippen LogP contribution in [0.2, 0.25) is 0 Å². The first-order valence-electron chi connectivity index (χ1n) is 10.3. The minimum Gasteiger partial charge on any atom is -0.452 e. The summed E-state index contributed by atoms with van der Waals surface area (Å²) in [6.07, 6.45) is 12.7. The van der Waals surface area contributed by atoms with Crippen LogP contribution >= 0.6 is 0 Å². The fraction of sp³-hybridized carbons (Fsp3) is 0.520. The minimum atomic E-state index is -1.59. The highest BCUT2D eigenvalue weighted by molar-refractivity contribution is 6.04. The van der Waals surface area contributed by atoms with Gasteiger partial charge in [0.05, 0.1) is 6.61 Å². The third-order valence-electron chi connectivity index (χ3n) is 5.04. The second kappa shape index (κ2) is 11.2. The standard InChI is InChI=1S/C25H36O5/c1-18(2)8-7-12-24(5)13-9-20(17-26)21(27)10-15-25(6,29)22(11-14-24)30-23(28)16-19(3)4/h8-11,14-16,22,26,29H,7,12-13,17H2,1-6H3/b14-11+,15-10+,20-9-/t22-,24-,25-/m0/s1. The number of allylic oxidation sites excluding steroid dienone is 6. The number of esters is 1. The molecule has 1 rings (SSSR count). The molecule has 0 aromatic heterocycles. The Morgan fingerprint density at radius 1 is 1.20 bits per heavy atom. The number of aliphatic hydroxyl groups excluding tert-OH is 1. The molecule has 0 bridgehead atoms. The zero-order chi connectivity index (χ0) is 22.9. The first-order chi connectivity index (χ1) is 13.9. The van der Waals surface area contributed by atoms with Crippen molar-refractivity contribution in [1.29, 1.82) is 0 Å².